The first kappa shape index (κ1) is 13.4. The summed E-state index contributed by atoms with van der Waals surface area (Å²) in [4.78, 5) is 15.2. The van der Waals surface area contributed by atoms with Crippen molar-refractivity contribution in [1.82, 2.24) is 10.1 Å². The van der Waals surface area contributed by atoms with Crippen LogP contribution in [0.15, 0.2) is 28.1 Å². The lowest BCUT2D eigenvalue weighted by Crippen LogP contribution is -2.30. The van der Waals surface area contributed by atoms with Crippen molar-refractivity contribution in [2.45, 2.75) is 38.6 Å². The third-order valence-electron chi connectivity index (χ3n) is 3.66. The van der Waals surface area contributed by atoms with E-state index in [4.69, 9.17) is 4.52 Å². The molecule has 1 atom stereocenters. The summed E-state index contributed by atoms with van der Waals surface area (Å²) >= 11 is 1.49. The number of aromatic nitrogens is 1. The molecule has 0 aromatic carbocycles. The Hall–Kier alpha value is -1.62. The van der Waals surface area contributed by atoms with Crippen molar-refractivity contribution in [2.24, 2.45) is 0 Å². The van der Waals surface area contributed by atoms with Gasteiger partial charge in [-0.05, 0) is 30.7 Å². The SMILES string of the molecule is CCCc1cc(C2CCCN2C(=O)c2cccs2)no1. The van der Waals surface area contributed by atoms with Gasteiger partial charge in [0.25, 0.3) is 5.91 Å². The van der Waals surface area contributed by atoms with Crippen LogP contribution in [0.4, 0.5) is 0 Å². The molecule has 1 saturated heterocycles. The van der Waals surface area contributed by atoms with Gasteiger partial charge in [0.2, 0.25) is 0 Å². The number of aryl methyl sites for hydroxylation is 1. The minimum atomic E-state index is 0.0685. The average molecular weight is 290 g/mol. The van der Waals surface area contributed by atoms with Crippen LogP contribution in [-0.4, -0.2) is 22.5 Å². The third-order valence-corrected chi connectivity index (χ3v) is 4.52. The number of carbonyl (C=O) groups is 1. The highest BCUT2D eigenvalue weighted by Gasteiger charge is 2.33. The van der Waals surface area contributed by atoms with E-state index in [0.29, 0.717) is 0 Å². The zero-order chi connectivity index (χ0) is 13.9. The molecule has 4 nitrogen and oxygen atoms in total. The quantitative estimate of drug-likeness (QED) is 0.863. The average Bonchev–Trinajstić information content (AvgIpc) is 3.19. The smallest absolute Gasteiger partial charge is 0.264 e. The first-order chi connectivity index (χ1) is 9.79. The number of likely N-dealkylation sites (tertiary alicyclic amines) is 1. The molecule has 2 aromatic rings. The van der Waals surface area contributed by atoms with E-state index in [9.17, 15) is 4.79 Å². The van der Waals surface area contributed by atoms with Crippen LogP contribution in [0.3, 0.4) is 0 Å². The standard InChI is InChI=1S/C15H18N2O2S/c1-2-5-11-10-12(16-19-11)13-6-3-8-17(13)15(18)14-7-4-9-20-14/h4,7,9-10,13H,2-3,5-6,8H2,1H3. The largest absolute Gasteiger partial charge is 0.361 e. The van der Waals surface area contributed by atoms with E-state index in [1.165, 1.54) is 11.3 Å². The zero-order valence-electron chi connectivity index (χ0n) is 11.5. The normalized spacial score (nSPS) is 18.6. The van der Waals surface area contributed by atoms with E-state index in [0.717, 1.165) is 48.6 Å². The Morgan fingerprint density at radius 3 is 3.25 bits per heavy atom. The van der Waals surface area contributed by atoms with Crippen LogP contribution in [0.25, 0.3) is 0 Å². The van der Waals surface area contributed by atoms with Gasteiger partial charge in [-0.1, -0.05) is 18.1 Å². The van der Waals surface area contributed by atoms with Crippen molar-refractivity contribution in [3.05, 3.63) is 39.9 Å². The lowest BCUT2D eigenvalue weighted by atomic mass is 10.1. The molecule has 1 amide bonds. The van der Waals surface area contributed by atoms with Crippen molar-refractivity contribution in [3.63, 3.8) is 0 Å². The number of nitrogens with zero attached hydrogens (tertiary/aromatic N) is 2. The molecule has 1 unspecified atom stereocenters. The number of thiophene rings is 1. The Morgan fingerprint density at radius 2 is 2.50 bits per heavy atom. The predicted octanol–water partition coefficient (Wildman–Crippen LogP) is 3.67. The monoisotopic (exact) mass is 290 g/mol. The number of hydrogen-bond acceptors (Lipinski definition) is 4. The summed E-state index contributed by atoms with van der Waals surface area (Å²) in [6.45, 7) is 2.92. The summed E-state index contributed by atoms with van der Waals surface area (Å²) in [5, 5.41) is 6.10. The zero-order valence-corrected chi connectivity index (χ0v) is 12.4. The first-order valence-electron chi connectivity index (χ1n) is 7.09. The number of hydrogen-bond donors (Lipinski definition) is 0. The van der Waals surface area contributed by atoms with Gasteiger partial charge in [0.1, 0.15) is 11.5 Å². The minimum absolute atomic E-state index is 0.0685. The Balaban J connectivity index is 1.79. The van der Waals surface area contributed by atoms with Crippen LogP contribution in [0, 0.1) is 0 Å². The molecule has 0 N–H and O–H groups in total. The third kappa shape index (κ3) is 2.50. The summed E-state index contributed by atoms with van der Waals surface area (Å²) < 4.78 is 5.35. The number of carbonyl (C=O) groups excluding carboxylic acids is 1. The summed E-state index contributed by atoms with van der Waals surface area (Å²) in [5.74, 6) is 1.03. The molecule has 1 aliphatic rings. The van der Waals surface area contributed by atoms with Gasteiger partial charge in [-0.2, -0.15) is 0 Å². The highest BCUT2D eigenvalue weighted by atomic mass is 32.1. The van der Waals surface area contributed by atoms with Gasteiger partial charge in [-0.15, -0.1) is 11.3 Å². The van der Waals surface area contributed by atoms with E-state index in [1.54, 1.807) is 0 Å². The van der Waals surface area contributed by atoms with Crippen LogP contribution >= 0.6 is 11.3 Å². The molecule has 106 valence electrons. The summed E-state index contributed by atoms with van der Waals surface area (Å²) in [5.41, 5.74) is 0.899. The van der Waals surface area contributed by atoms with Crippen molar-refractivity contribution in [2.75, 3.05) is 6.54 Å². The van der Waals surface area contributed by atoms with Crippen LogP contribution in [0.5, 0.6) is 0 Å². The maximum Gasteiger partial charge on any atom is 0.264 e. The fourth-order valence-corrected chi connectivity index (χ4v) is 3.39. The Kier molecular flexibility index (Phi) is 3.87. The first-order valence-corrected chi connectivity index (χ1v) is 7.97. The van der Waals surface area contributed by atoms with Gasteiger partial charge in [0.05, 0.1) is 10.9 Å². The molecule has 20 heavy (non-hydrogen) atoms. The molecule has 5 heteroatoms. The van der Waals surface area contributed by atoms with Gasteiger partial charge >= 0.3 is 0 Å². The van der Waals surface area contributed by atoms with E-state index >= 15 is 0 Å². The second-order valence-corrected chi connectivity index (χ2v) is 6.05. The van der Waals surface area contributed by atoms with E-state index < -0.39 is 0 Å². The van der Waals surface area contributed by atoms with Crippen molar-refractivity contribution in [3.8, 4) is 0 Å². The van der Waals surface area contributed by atoms with E-state index in [1.807, 2.05) is 28.5 Å². The summed E-state index contributed by atoms with van der Waals surface area (Å²) in [6.07, 6.45) is 3.93. The van der Waals surface area contributed by atoms with Crippen molar-refractivity contribution in [1.29, 1.82) is 0 Å². The Morgan fingerprint density at radius 1 is 1.60 bits per heavy atom. The second kappa shape index (κ2) is 5.79. The maximum absolute atomic E-state index is 12.5. The summed E-state index contributed by atoms with van der Waals surface area (Å²) in [6, 6.07) is 5.87. The molecule has 2 aromatic heterocycles. The molecule has 0 bridgehead atoms. The van der Waals surface area contributed by atoms with Gasteiger partial charge in [0.15, 0.2) is 0 Å². The van der Waals surface area contributed by atoms with Gasteiger partial charge in [-0.3, -0.25) is 4.79 Å². The minimum Gasteiger partial charge on any atom is -0.361 e. The van der Waals surface area contributed by atoms with Crippen LogP contribution < -0.4 is 0 Å². The van der Waals surface area contributed by atoms with Crippen LogP contribution in [-0.2, 0) is 6.42 Å². The molecule has 0 radical (unpaired) electrons. The number of amides is 1. The fraction of sp³-hybridized carbons (Fsp3) is 0.467. The van der Waals surface area contributed by atoms with Crippen molar-refractivity contribution < 1.29 is 9.32 Å². The molecule has 0 aliphatic carbocycles. The maximum atomic E-state index is 12.5. The highest BCUT2D eigenvalue weighted by Crippen LogP contribution is 2.33. The molecule has 3 heterocycles. The second-order valence-electron chi connectivity index (χ2n) is 5.10. The molecule has 0 spiro atoms. The van der Waals surface area contributed by atoms with Gasteiger partial charge in [-0.25, -0.2) is 0 Å². The van der Waals surface area contributed by atoms with E-state index in [-0.39, 0.29) is 11.9 Å². The van der Waals surface area contributed by atoms with Gasteiger partial charge in [0, 0.05) is 19.0 Å². The van der Waals surface area contributed by atoms with Gasteiger partial charge < -0.3 is 9.42 Å². The van der Waals surface area contributed by atoms with Crippen LogP contribution in [0.2, 0.25) is 0 Å². The molecular formula is C15H18N2O2S. The molecular weight excluding hydrogens is 272 g/mol. The molecule has 3 rings (SSSR count). The molecule has 1 fully saturated rings. The molecule has 1 aliphatic heterocycles. The summed E-state index contributed by atoms with van der Waals surface area (Å²) in [7, 11) is 0. The topological polar surface area (TPSA) is 46.3 Å². The van der Waals surface area contributed by atoms with Crippen LogP contribution in [0.1, 0.15) is 53.4 Å². The Labute approximate surface area is 122 Å². The predicted molar refractivity (Wildman–Crippen MR) is 77.8 cm³/mol. The lowest BCUT2D eigenvalue weighted by molar-refractivity contribution is 0.0736. The Bertz CT molecular complexity index is 576. The lowest BCUT2D eigenvalue weighted by Gasteiger charge is -2.22. The highest BCUT2D eigenvalue weighted by molar-refractivity contribution is 7.12. The number of rotatable bonds is 4. The fourth-order valence-electron chi connectivity index (χ4n) is 2.71. The van der Waals surface area contributed by atoms with Crippen molar-refractivity contribution >= 4 is 17.2 Å². The van der Waals surface area contributed by atoms with E-state index in [2.05, 4.69) is 12.1 Å². The molecule has 0 saturated carbocycles.